The third-order valence-corrected chi connectivity index (χ3v) is 5.18. The molecule has 1 saturated heterocycles. The number of ether oxygens (including phenoxy) is 2. The number of rotatable bonds is 5. The van der Waals surface area contributed by atoms with Crippen molar-refractivity contribution in [2.45, 2.75) is 25.4 Å². The number of aromatic nitrogens is 2. The van der Waals surface area contributed by atoms with E-state index in [0.717, 1.165) is 42.0 Å². The number of fused-ring (bicyclic) bond motifs is 1. The highest BCUT2D eigenvalue weighted by Gasteiger charge is 2.29. The molecular formula is C21H23N3O3. The molecule has 1 aliphatic rings. The highest BCUT2D eigenvalue weighted by molar-refractivity contribution is 5.77. The van der Waals surface area contributed by atoms with Crippen molar-refractivity contribution in [3.8, 4) is 11.5 Å². The van der Waals surface area contributed by atoms with E-state index in [1.165, 1.54) is 0 Å². The number of likely N-dealkylation sites (tertiary alicyclic amines) is 1. The second-order valence-corrected chi connectivity index (χ2v) is 6.77. The monoisotopic (exact) mass is 365 g/mol. The van der Waals surface area contributed by atoms with Crippen LogP contribution in [0.2, 0.25) is 0 Å². The average Bonchev–Trinajstić information content (AvgIpc) is 3.15. The van der Waals surface area contributed by atoms with Crippen LogP contribution in [0.4, 0.5) is 0 Å². The topological polar surface area (TPSA) is 67.5 Å². The summed E-state index contributed by atoms with van der Waals surface area (Å²) in [5.74, 6) is 2.30. The van der Waals surface area contributed by atoms with Crippen LogP contribution in [0, 0.1) is 0 Å². The molecule has 0 radical (unpaired) electrons. The molecule has 0 bridgehead atoms. The summed E-state index contributed by atoms with van der Waals surface area (Å²) >= 11 is 0. The predicted molar refractivity (Wildman–Crippen MR) is 104 cm³/mol. The van der Waals surface area contributed by atoms with Gasteiger partial charge < -0.3 is 14.5 Å². The van der Waals surface area contributed by atoms with Gasteiger partial charge in [-0.1, -0.05) is 18.2 Å². The molecule has 2 heterocycles. The molecule has 0 unspecified atom stereocenters. The lowest BCUT2D eigenvalue weighted by Gasteiger charge is -2.26. The number of nitrogens with zero attached hydrogens (tertiary/aromatic N) is 2. The van der Waals surface area contributed by atoms with Gasteiger partial charge in [0.25, 0.3) is 5.56 Å². The number of hydrogen-bond acceptors (Lipinski definition) is 5. The van der Waals surface area contributed by atoms with E-state index in [2.05, 4.69) is 20.9 Å². The van der Waals surface area contributed by atoms with Crippen molar-refractivity contribution in [3.63, 3.8) is 0 Å². The first kappa shape index (κ1) is 17.5. The van der Waals surface area contributed by atoms with E-state index < -0.39 is 0 Å². The van der Waals surface area contributed by atoms with E-state index in [4.69, 9.17) is 9.47 Å². The summed E-state index contributed by atoms with van der Waals surface area (Å²) in [5, 5.41) is 0.621. The SMILES string of the molecule is COc1ccc([C@@H]2CCCN2Cc2nc3ccccc3c(=O)[nH]2)c(OC)c1. The van der Waals surface area contributed by atoms with Gasteiger partial charge in [0.05, 0.1) is 31.7 Å². The summed E-state index contributed by atoms with van der Waals surface area (Å²) in [6.45, 7) is 1.55. The molecule has 6 heteroatoms. The minimum Gasteiger partial charge on any atom is -0.497 e. The van der Waals surface area contributed by atoms with Gasteiger partial charge in [-0.2, -0.15) is 0 Å². The number of benzene rings is 2. The van der Waals surface area contributed by atoms with Crippen LogP contribution < -0.4 is 15.0 Å². The lowest BCUT2D eigenvalue weighted by Crippen LogP contribution is -2.26. The molecule has 27 heavy (non-hydrogen) atoms. The molecule has 0 amide bonds. The zero-order valence-corrected chi connectivity index (χ0v) is 15.6. The van der Waals surface area contributed by atoms with E-state index in [0.29, 0.717) is 17.8 Å². The first-order chi connectivity index (χ1) is 13.2. The Labute approximate surface area is 157 Å². The summed E-state index contributed by atoms with van der Waals surface area (Å²) in [5.41, 5.74) is 1.78. The molecular weight excluding hydrogens is 342 g/mol. The minimum atomic E-state index is -0.0895. The number of para-hydroxylation sites is 1. The molecule has 4 rings (SSSR count). The molecule has 2 aromatic carbocycles. The Bertz CT molecular complexity index is 1010. The van der Waals surface area contributed by atoms with Gasteiger partial charge in [-0.15, -0.1) is 0 Å². The molecule has 1 N–H and O–H groups in total. The van der Waals surface area contributed by atoms with Crippen molar-refractivity contribution in [1.29, 1.82) is 0 Å². The summed E-state index contributed by atoms with van der Waals surface area (Å²) in [6, 6.07) is 13.6. The molecule has 6 nitrogen and oxygen atoms in total. The normalized spacial score (nSPS) is 17.3. The molecule has 0 spiro atoms. The van der Waals surface area contributed by atoms with Gasteiger partial charge in [0.15, 0.2) is 0 Å². The van der Waals surface area contributed by atoms with Gasteiger partial charge in [-0.05, 0) is 37.6 Å². The van der Waals surface area contributed by atoms with Crippen molar-refractivity contribution in [2.75, 3.05) is 20.8 Å². The van der Waals surface area contributed by atoms with E-state index in [-0.39, 0.29) is 11.6 Å². The second-order valence-electron chi connectivity index (χ2n) is 6.77. The smallest absolute Gasteiger partial charge is 0.258 e. The van der Waals surface area contributed by atoms with Crippen molar-refractivity contribution >= 4 is 10.9 Å². The maximum absolute atomic E-state index is 12.3. The first-order valence-electron chi connectivity index (χ1n) is 9.13. The molecule has 1 aromatic heterocycles. The Morgan fingerprint density at radius 1 is 1.19 bits per heavy atom. The van der Waals surface area contributed by atoms with Crippen LogP contribution in [-0.4, -0.2) is 35.6 Å². The van der Waals surface area contributed by atoms with Crippen LogP contribution in [0.1, 0.15) is 30.3 Å². The van der Waals surface area contributed by atoms with E-state index in [1.807, 2.05) is 30.3 Å². The minimum absolute atomic E-state index is 0.0895. The van der Waals surface area contributed by atoms with Gasteiger partial charge in [0.2, 0.25) is 0 Å². The largest absolute Gasteiger partial charge is 0.497 e. The Morgan fingerprint density at radius 3 is 2.85 bits per heavy atom. The number of H-pyrrole nitrogens is 1. The lowest BCUT2D eigenvalue weighted by molar-refractivity contribution is 0.237. The van der Waals surface area contributed by atoms with Gasteiger partial charge in [-0.3, -0.25) is 9.69 Å². The fourth-order valence-corrected chi connectivity index (χ4v) is 3.86. The number of aromatic amines is 1. The van der Waals surface area contributed by atoms with Crippen molar-refractivity contribution < 1.29 is 9.47 Å². The highest BCUT2D eigenvalue weighted by Crippen LogP contribution is 2.39. The maximum atomic E-state index is 12.3. The van der Waals surface area contributed by atoms with E-state index in [1.54, 1.807) is 20.3 Å². The molecule has 1 aliphatic heterocycles. The first-order valence-corrected chi connectivity index (χ1v) is 9.13. The van der Waals surface area contributed by atoms with Gasteiger partial charge in [-0.25, -0.2) is 4.98 Å². The average molecular weight is 365 g/mol. The van der Waals surface area contributed by atoms with Crippen molar-refractivity contribution in [2.24, 2.45) is 0 Å². The summed E-state index contributed by atoms with van der Waals surface area (Å²) in [4.78, 5) is 22.3. The predicted octanol–water partition coefficient (Wildman–Crippen LogP) is 3.28. The van der Waals surface area contributed by atoms with Gasteiger partial charge in [0.1, 0.15) is 17.3 Å². The van der Waals surface area contributed by atoms with Crippen molar-refractivity contribution in [3.05, 3.63) is 64.2 Å². The van der Waals surface area contributed by atoms with Crippen LogP contribution in [-0.2, 0) is 6.54 Å². The van der Waals surface area contributed by atoms with Crippen LogP contribution >= 0.6 is 0 Å². The third-order valence-electron chi connectivity index (χ3n) is 5.18. The zero-order chi connectivity index (χ0) is 18.8. The fourth-order valence-electron chi connectivity index (χ4n) is 3.86. The van der Waals surface area contributed by atoms with Crippen LogP contribution in [0.5, 0.6) is 11.5 Å². The molecule has 0 saturated carbocycles. The third kappa shape index (κ3) is 3.40. The molecule has 140 valence electrons. The quantitative estimate of drug-likeness (QED) is 0.752. The van der Waals surface area contributed by atoms with E-state index >= 15 is 0 Å². The van der Waals surface area contributed by atoms with Crippen LogP contribution in [0.25, 0.3) is 10.9 Å². The molecule has 1 atom stereocenters. The summed E-state index contributed by atoms with van der Waals surface area (Å²) in [7, 11) is 3.33. The summed E-state index contributed by atoms with van der Waals surface area (Å²) < 4.78 is 10.9. The lowest BCUT2D eigenvalue weighted by atomic mass is 10.0. The summed E-state index contributed by atoms with van der Waals surface area (Å²) in [6.07, 6.45) is 2.14. The van der Waals surface area contributed by atoms with Gasteiger partial charge in [0, 0.05) is 17.7 Å². The zero-order valence-electron chi connectivity index (χ0n) is 15.6. The standard InChI is InChI=1S/C21H23N3O3/c1-26-14-9-10-16(19(12-14)27-2)18-8-5-11-24(18)13-20-22-17-7-4-3-6-15(17)21(25)23-20/h3-4,6-7,9-10,12,18H,5,8,11,13H2,1-2H3,(H,22,23,25)/t18-/m0/s1. The van der Waals surface area contributed by atoms with Crippen LogP contribution in [0.15, 0.2) is 47.3 Å². The number of methoxy groups -OCH3 is 2. The van der Waals surface area contributed by atoms with Crippen LogP contribution in [0.3, 0.4) is 0 Å². The van der Waals surface area contributed by atoms with E-state index in [9.17, 15) is 4.79 Å². The highest BCUT2D eigenvalue weighted by atomic mass is 16.5. The molecule has 3 aromatic rings. The molecule has 0 aliphatic carbocycles. The number of hydrogen-bond donors (Lipinski definition) is 1. The maximum Gasteiger partial charge on any atom is 0.258 e. The Kier molecular flexibility index (Phi) is 4.81. The molecule has 1 fully saturated rings. The number of nitrogens with one attached hydrogen (secondary N) is 1. The van der Waals surface area contributed by atoms with Gasteiger partial charge >= 0.3 is 0 Å². The van der Waals surface area contributed by atoms with Crippen molar-refractivity contribution in [1.82, 2.24) is 14.9 Å². The fraction of sp³-hybridized carbons (Fsp3) is 0.333. The Hall–Kier alpha value is -2.86. The Balaban J connectivity index is 1.64. The Morgan fingerprint density at radius 2 is 2.04 bits per heavy atom. The second kappa shape index (κ2) is 7.40.